The van der Waals surface area contributed by atoms with Crippen molar-refractivity contribution in [2.24, 2.45) is 5.73 Å². The van der Waals surface area contributed by atoms with E-state index in [1.807, 2.05) is 0 Å². The normalized spacial score (nSPS) is 9.90. The van der Waals surface area contributed by atoms with Gasteiger partial charge in [0.25, 0.3) is 5.91 Å². The van der Waals surface area contributed by atoms with E-state index >= 15 is 0 Å². The van der Waals surface area contributed by atoms with Gasteiger partial charge in [0.15, 0.2) is 0 Å². The van der Waals surface area contributed by atoms with E-state index in [4.69, 9.17) is 10.8 Å². The Morgan fingerprint density at radius 2 is 1.29 bits per heavy atom. The third-order valence-electron chi connectivity index (χ3n) is 2.82. The molecular formula is C15H12N2O4. The van der Waals surface area contributed by atoms with Gasteiger partial charge in [0.2, 0.25) is 5.91 Å². The number of hydrogen-bond donors (Lipinski definition) is 3. The number of nitrogens with two attached hydrogens (primary N) is 1. The summed E-state index contributed by atoms with van der Waals surface area (Å²) in [6.07, 6.45) is 0. The van der Waals surface area contributed by atoms with E-state index in [0.29, 0.717) is 16.8 Å². The number of carboxylic acid groups (broad SMARTS) is 1. The second-order valence-corrected chi connectivity index (χ2v) is 4.28. The predicted molar refractivity (Wildman–Crippen MR) is 76.3 cm³/mol. The second kappa shape index (κ2) is 5.87. The van der Waals surface area contributed by atoms with Crippen molar-refractivity contribution in [1.82, 2.24) is 0 Å². The molecule has 0 radical (unpaired) electrons. The average molecular weight is 284 g/mol. The molecule has 0 atom stereocenters. The highest BCUT2D eigenvalue weighted by molar-refractivity contribution is 6.05. The number of hydrogen-bond acceptors (Lipinski definition) is 3. The minimum atomic E-state index is -1.03. The van der Waals surface area contributed by atoms with Crippen LogP contribution < -0.4 is 11.1 Å². The van der Waals surface area contributed by atoms with Crippen LogP contribution in [0.3, 0.4) is 0 Å². The van der Waals surface area contributed by atoms with E-state index in [9.17, 15) is 14.4 Å². The van der Waals surface area contributed by atoms with Gasteiger partial charge in [-0.05, 0) is 48.5 Å². The number of carboxylic acids is 1. The maximum absolute atomic E-state index is 12.0. The molecule has 6 heteroatoms. The van der Waals surface area contributed by atoms with Crippen LogP contribution in [-0.4, -0.2) is 22.9 Å². The lowest BCUT2D eigenvalue weighted by Gasteiger charge is -2.06. The highest BCUT2D eigenvalue weighted by Gasteiger charge is 2.08. The third-order valence-corrected chi connectivity index (χ3v) is 2.82. The van der Waals surface area contributed by atoms with Gasteiger partial charge in [-0.3, -0.25) is 9.59 Å². The molecule has 2 rings (SSSR count). The number of primary amides is 1. The molecule has 2 aromatic rings. The molecule has 106 valence electrons. The average Bonchev–Trinajstić information content (AvgIpc) is 2.47. The van der Waals surface area contributed by atoms with Crippen molar-refractivity contribution in [3.63, 3.8) is 0 Å². The summed E-state index contributed by atoms with van der Waals surface area (Å²) >= 11 is 0. The molecule has 0 unspecified atom stereocenters. The Bertz CT molecular complexity index is 691. The van der Waals surface area contributed by atoms with Crippen molar-refractivity contribution in [1.29, 1.82) is 0 Å². The van der Waals surface area contributed by atoms with Gasteiger partial charge in [-0.1, -0.05) is 0 Å². The van der Waals surface area contributed by atoms with E-state index in [2.05, 4.69) is 5.32 Å². The third kappa shape index (κ3) is 3.44. The molecule has 0 aliphatic rings. The first-order valence-corrected chi connectivity index (χ1v) is 6.02. The van der Waals surface area contributed by atoms with Crippen molar-refractivity contribution < 1.29 is 19.5 Å². The van der Waals surface area contributed by atoms with Crippen LogP contribution in [0.15, 0.2) is 48.5 Å². The minimum Gasteiger partial charge on any atom is -0.478 e. The quantitative estimate of drug-likeness (QED) is 0.794. The van der Waals surface area contributed by atoms with E-state index in [1.165, 1.54) is 48.5 Å². The van der Waals surface area contributed by atoms with Gasteiger partial charge >= 0.3 is 5.97 Å². The number of rotatable bonds is 4. The van der Waals surface area contributed by atoms with Crippen molar-refractivity contribution >= 4 is 23.5 Å². The second-order valence-electron chi connectivity index (χ2n) is 4.28. The molecule has 0 bridgehead atoms. The molecule has 21 heavy (non-hydrogen) atoms. The monoisotopic (exact) mass is 284 g/mol. The number of benzene rings is 2. The number of anilines is 1. The molecule has 4 N–H and O–H groups in total. The first-order chi connectivity index (χ1) is 9.97. The number of amides is 2. The van der Waals surface area contributed by atoms with Crippen LogP contribution in [0.2, 0.25) is 0 Å². The van der Waals surface area contributed by atoms with Crippen LogP contribution in [0.1, 0.15) is 31.1 Å². The summed E-state index contributed by atoms with van der Waals surface area (Å²) in [5, 5.41) is 11.4. The number of carbonyl (C=O) groups excluding carboxylic acids is 2. The Labute approximate surface area is 120 Å². The zero-order chi connectivity index (χ0) is 15.4. The Morgan fingerprint density at radius 1 is 0.810 bits per heavy atom. The molecule has 0 aliphatic heterocycles. The largest absolute Gasteiger partial charge is 0.478 e. The van der Waals surface area contributed by atoms with Crippen molar-refractivity contribution in [3.05, 3.63) is 65.2 Å². The summed E-state index contributed by atoms with van der Waals surface area (Å²) in [5.41, 5.74) is 6.41. The highest BCUT2D eigenvalue weighted by atomic mass is 16.4. The Morgan fingerprint density at radius 3 is 1.76 bits per heavy atom. The standard InChI is InChI=1S/C15H12N2O4/c16-13(18)9-1-3-10(4-2-9)14(19)17-12-7-5-11(6-8-12)15(20)21/h1-8H,(H2,16,18)(H,17,19)(H,20,21). The van der Waals surface area contributed by atoms with Gasteiger partial charge in [-0.2, -0.15) is 0 Å². The van der Waals surface area contributed by atoms with Crippen LogP contribution >= 0.6 is 0 Å². The smallest absolute Gasteiger partial charge is 0.335 e. The molecule has 0 aromatic heterocycles. The van der Waals surface area contributed by atoms with E-state index < -0.39 is 11.9 Å². The van der Waals surface area contributed by atoms with Gasteiger partial charge in [0.1, 0.15) is 0 Å². The molecule has 0 saturated carbocycles. The molecule has 0 aliphatic carbocycles. The van der Waals surface area contributed by atoms with Crippen LogP contribution in [0.4, 0.5) is 5.69 Å². The fourth-order valence-electron chi connectivity index (χ4n) is 1.69. The summed E-state index contributed by atoms with van der Waals surface area (Å²) in [4.78, 5) is 33.6. The first-order valence-electron chi connectivity index (χ1n) is 6.02. The predicted octanol–water partition coefficient (Wildman–Crippen LogP) is 1.74. The fourth-order valence-corrected chi connectivity index (χ4v) is 1.69. The minimum absolute atomic E-state index is 0.138. The zero-order valence-electron chi connectivity index (χ0n) is 10.9. The summed E-state index contributed by atoms with van der Waals surface area (Å²) < 4.78 is 0. The van der Waals surface area contributed by atoms with Gasteiger partial charge in [0, 0.05) is 16.8 Å². The topological polar surface area (TPSA) is 109 Å². The highest BCUT2D eigenvalue weighted by Crippen LogP contribution is 2.12. The number of carbonyl (C=O) groups is 3. The summed E-state index contributed by atoms with van der Waals surface area (Å²) in [6.45, 7) is 0. The lowest BCUT2D eigenvalue weighted by molar-refractivity contribution is 0.0696. The van der Waals surface area contributed by atoms with Crippen molar-refractivity contribution in [2.75, 3.05) is 5.32 Å². The zero-order valence-corrected chi connectivity index (χ0v) is 10.9. The van der Waals surface area contributed by atoms with E-state index in [1.54, 1.807) is 0 Å². The van der Waals surface area contributed by atoms with Crippen LogP contribution in [0.5, 0.6) is 0 Å². The maximum atomic E-state index is 12.0. The summed E-state index contributed by atoms with van der Waals surface area (Å²) in [6, 6.07) is 11.7. The van der Waals surface area contributed by atoms with Gasteiger partial charge in [-0.25, -0.2) is 4.79 Å². The first kappa shape index (κ1) is 14.3. The number of aromatic carboxylic acids is 1. The van der Waals surface area contributed by atoms with Gasteiger partial charge in [-0.15, -0.1) is 0 Å². The van der Waals surface area contributed by atoms with Crippen LogP contribution in [0, 0.1) is 0 Å². The maximum Gasteiger partial charge on any atom is 0.335 e. The van der Waals surface area contributed by atoms with Crippen molar-refractivity contribution in [3.8, 4) is 0 Å². The molecular weight excluding hydrogens is 272 g/mol. The molecule has 6 nitrogen and oxygen atoms in total. The molecule has 2 amide bonds. The lowest BCUT2D eigenvalue weighted by atomic mass is 10.1. The van der Waals surface area contributed by atoms with E-state index in [-0.39, 0.29) is 11.5 Å². The molecule has 2 aromatic carbocycles. The molecule has 0 spiro atoms. The van der Waals surface area contributed by atoms with Crippen LogP contribution in [0.25, 0.3) is 0 Å². The Kier molecular flexibility index (Phi) is 3.99. The van der Waals surface area contributed by atoms with Gasteiger partial charge < -0.3 is 16.2 Å². The lowest BCUT2D eigenvalue weighted by Crippen LogP contribution is -2.14. The SMILES string of the molecule is NC(=O)c1ccc(C(=O)Nc2ccc(C(=O)O)cc2)cc1. The summed E-state index contributed by atoms with van der Waals surface area (Å²) in [7, 11) is 0. The Hall–Kier alpha value is -3.15. The fraction of sp³-hybridized carbons (Fsp3) is 0. The Balaban J connectivity index is 2.10. The van der Waals surface area contributed by atoms with Crippen molar-refractivity contribution in [2.45, 2.75) is 0 Å². The molecule has 0 fully saturated rings. The number of nitrogens with one attached hydrogen (secondary N) is 1. The van der Waals surface area contributed by atoms with Gasteiger partial charge in [0.05, 0.1) is 5.56 Å². The molecule has 0 heterocycles. The summed E-state index contributed by atoms with van der Waals surface area (Å²) in [5.74, 6) is -1.96. The van der Waals surface area contributed by atoms with Crippen LogP contribution in [-0.2, 0) is 0 Å². The molecule has 0 saturated heterocycles. The van der Waals surface area contributed by atoms with E-state index in [0.717, 1.165) is 0 Å².